The van der Waals surface area contributed by atoms with E-state index in [-0.39, 0.29) is 11.4 Å². The Labute approximate surface area is 277 Å². The standard InChI is InChI=1S/C36H36N4S4/c1-7-11-23(12-8-2)27-17-31(41-29(27)15-25(21-37)39-5)33-19-35-36(43-33)20-34(44-35)32-18-28(24(13-9-3)14-10-4)30(42-32)16-26(22-38)40-6/h15-20,23-24H,7-14H2,1-4H3/b25-15-,26-16+. The van der Waals surface area contributed by atoms with Gasteiger partial charge in [-0.05, 0) is 85.1 Å². The molecule has 0 aliphatic rings. The molecule has 0 fully saturated rings. The summed E-state index contributed by atoms with van der Waals surface area (Å²) in [6.07, 6.45) is 12.3. The summed E-state index contributed by atoms with van der Waals surface area (Å²) in [7, 11) is 0. The van der Waals surface area contributed by atoms with Crippen LogP contribution in [0.25, 0.3) is 50.8 Å². The molecular formula is C36H36N4S4. The fraction of sp³-hybridized carbons (Fsp3) is 0.389. The van der Waals surface area contributed by atoms with Gasteiger partial charge in [-0.2, -0.15) is 0 Å². The molecule has 0 saturated carbocycles. The number of nitriles is 2. The molecule has 0 aromatic carbocycles. The SMILES string of the molecule is [C-]#[N+]/C(C#N)=C\c1sc(-c2cc3sc(-c4cc(C(CCC)CCC)c(/C=C(\C#N)[N+]#[C-])s4)cc3s2)cc1C(CCC)CCC. The number of hydrogen-bond donors (Lipinski definition) is 0. The third kappa shape index (κ3) is 7.58. The highest BCUT2D eigenvalue weighted by Crippen LogP contribution is 2.48. The van der Waals surface area contributed by atoms with Gasteiger partial charge in [-0.1, -0.05) is 53.4 Å². The Balaban J connectivity index is 1.75. The Hall–Kier alpha value is -3.50. The highest BCUT2D eigenvalue weighted by Gasteiger charge is 2.22. The van der Waals surface area contributed by atoms with Crippen molar-refractivity contribution in [3.8, 4) is 31.6 Å². The van der Waals surface area contributed by atoms with Crippen LogP contribution in [0.2, 0.25) is 0 Å². The van der Waals surface area contributed by atoms with Crippen molar-refractivity contribution in [3.63, 3.8) is 0 Å². The first-order valence-corrected chi connectivity index (χ1v) is 18.5. The summed E-state index contributed by atoms with van der Waals surface area (Å²) in [6.45, 7) is 23.7. The van der Waals surface area contributed by atoms with Crippen molar-refractivity contribution in [2.75, 3.05) is 0 Å². The number of hydrogen-bond acceptors (Lipinski definition) is 6. The summed E-state index contributed by atoms with van der Waals surface area (Å²) < 4.78 is 2.49. The summed E-state index contributed by atoms with van der Waals surface area (Å²) >= 11 is 6.96. The maximum Gasteiger partial charge on any atom is 0.263 e. The molecule has 44 heavy (non-hydrogen) atoms. The number of thiophene rings is 4. The van der Waals surface area contributed by atoms with E-state index in [4.69, 9.17) is 13.1 Å². The fourth-order valence-corrected chi connectivity index (χ4v) is 10.7. The second-order valence-corrected chi connectivity index (χ2v) is 15.2. The molecular weight excluding hydrogens is 617 g/mol. The van der Waals surface area contributed by atoms with E-state index in [9.17, 15) is 10.5 Å². The Morgan fingerprint density at radius 2 is 0.977 bits per heavy atom. The number of rotatable bonds is 14. The van der Waals surface area contributed by atoms with Crippen molar-refractivity contribution in [2.45, 2.75) is 90.9 Å². The van der Waals surface area contributed by atoms with Crippen molar-refractivity contribution in [1.82, 2.24) is 0 Å². The van der Waals surface area contributed by atoms with E-state index in [2.05, 4.69) is 61.7 Å². The predicted molar refractivity (Wildman–Crippen MR) is 192 cm³/mol. The third-order valence-electron chi connectivity index (χ3n) is 7.71. The first kappa shape index (κ1) is 33.4. The molecule has 8 heteroatoms. The van der Waals surface area contributed by atoms with Crippen molar-refractivity contribution in [1.29, 1.82) is 10.5 Å². The van der Waals surface area contributed by atoms with Crippen LogP contribution in [-0.4, -0.2) is 0 Å². The van der Waals surface area contributed by atoms with Gasteiger partial charge in [0, 0.05) is 38.7 Å². The molecule has 0 amide bonds. The molecule has 4 aromatic heterocycles. The largest absolute Gasteiger partial charge is 0.263 e. The molecule has 4 aromatic rings. The molecule has 0 aliphatic carbocycles. The molecule has 224 valence electrons. The minimum absolute atomic E-state index is 0.131. The zero-order valence-electron chi connectivity index (χ0n) is 25.7. The van der Waals surface area contributed by atoms with Gasteiger partial charge in [-0.25, -0.2) is 20.2 Å². The first-order valence-electron chi connectivity index (χ1n) is 15.2. The molecule has 4 heterocycles. The summed E-state index contributed by atoms with van der Waals surface area (Å²) in [4.78, 5) is 13.8. The van der Waals surface area contributed by atoms with Gasteiger partial charge in [0.2, 0.25) is 0 Å². The van der Waals surface area contributed by atoms with E-state index >= 15 is 0 Å². The van der Waals surface area contributed by atoms with Crippen LogP contribution in [0, 0.1) is 35.8 Å². The van der Waals surface area contributed by atoms with E-state index in [0.29, 0.717) is 11.8 Å². The van der Waals surface area contributed by atoms with Crippen LogP contribution in [0.1, 0.15) is 112 Å². The maximum absolute atomic E-state index is 9.45. The van der Waals surface area contributed by atoms with Crippen LogP contribution >= 0.6 is 45.3 Å². The van der Waals surface area contributed by atoms with E-state index in [1.54, 1.807) is 57.5 Å². The van der Waals surface area contributed by atoms with E-state index < -0.39 is 0 Å². The second kappa shape index (κ2) is 16.0. The average Bonchev–Trinajstić information content (AvgIpc) is 3.80. The summed E-state index contributed by atoms with van der Waals surface area (Å²) in [6, 6.07) is 13.3. The van der Waals surface area contributed by atoms with Crippen LogP contribution in [0.4, 0.5) is 0 Å². The van der Waals surface area contributed by atoms with Gasteiger partial charge in [0.1, 0.15) is 0 Å². The Bertz CT molecular complexity index is 1630. The molecule has 0 unspecified atom stereocenters. The van der Waals surface area contributed by atoms with Crippen LogP contribution in [0.5, 0.6) is 0 Å². The zero-order chi connectivity index (χ0) is 31.6. The number of allylic oxidation sites excluding steroid dienone is 2. The first-order chi connectivity index (χ1) is 21.4. The molecule has 0 spiro atoms. The second-order valence-electron chi connectivity index (χ2n) is 10.9. The van der Waals surface area contributed by atoms with Gasteiger partial charge < -0.3 is 0 Å². The minimum atomic E-state index is 0.131. The van der Waals surface area contributed by atoms with E-state index in [0.717, 1.165) is 61.1 Å². The van der Waals surface area contributed by atoms with Gasteiger partial charge in [0.25, 0.3) is 11.4 Å². The number of nitrogens with zero attached hydrogens (tertiary/aromatic N) is 4. The van der Waals surface area contributed by atoms with Gasteiger partial charge in [0.15, 0.2) is 0 Å². The van der Waals surface area contributed by atoms with Crippen LogP contribution in [0.15, 0.2) is 35.7 Å². The monoisotopic (exact) mass is 652 g/mol. The lowest BCUT2D eigenvalue weighted by atomic mass is 9.90. The highest BCUT2D eigenvalue weighted by molar-refractivity contribution is 7.33. The normalized spacial score (nSPS) is 12.0. The molecule has 0 radical (unpaired) electrons. The quantitative estimate of drug-likeness (QED) is 0.100. The Morgan fingerprint density at radius 3 is 1.27 bits per heavy atom. The summed E-state index contributed by atoms with van der Waals surface area (Å²) in [5.41, 5.74) is 2.79. The molecule has 0 aliphatic heterocycles. The number of fused-ring (bicyclic) bond motifs is 1. The zero-order valence-corrected chi connectivity index (χ0v) is 29.0. The van der Waals surface area contributed by atoms with Crippen molar-refractivity contribution >= 4 is 66.9 Å². The topological polar surface area (TPSA) is 56.3 Å². The molecule has 4 rings (SSSR count). The van der Waals surface area contributed by atoms with Gasteiger partial charge in [-0.15, -0.1) is 45.3 Å². The minimum Gasteiger partial charge on any atom is -0.227 e. The van der Waals surface area contributed by atoms with Crippen molar-refractivity contribution in [3.05, 3.63) is 79.4 Å². The van der Waals surface area contributed by atoms with Gasteiger partial charge in [0.05, 0.1) is 25.3 Å². The van der Waals surface area contributed by atoms with Gasteiger partial charge >= 0.3 is 0 Å². The van der Waals surface area contributed by atoms with E-state index in [1.165, 1.54) is 40.0 Å². The fourth-order valence-electron chi connectivity index (χ4n) is 5.76. The Morgan fingerprint density at radius 1 is 0.636 bits per heavy atom. The molecule has 0 atom stereocenters. The van der Waals surface area contributed by atoms with Crippen LogP contribution in [-0.2, 0) is 0 Å². The molecule has 0 saturated heterocycles. The summed E-state index contributed by atoms with van der Waals surface area (Å²) in [5, 5.41) is 18.9. The lowest BCUT2D eigenvalue weighted by Gasteiger charge is -2.15. The molecule has 0 bridgehead atoms. The highest BCUT2D eigenvalue weighted by atomic mass is 32.1. The smallest absolute Gasteiger partial charge is 0.227 e. The lowest BCUT2D eigenvalue weighted by Crippen LogP contribution is -1.98. The van der Waals surface area contributed by atoms with E-state index in [1.807, 2.05) is 12.1 Å². The van der Waals surface area contributed by atoms with Crippen LogP contribution < -0.4 is 0 Å². The van der Waals surface area contributed by atoms with Crippen molar-refractivity contribution in [2.24, 2.45) is 0 Å². The maximum atomic E-state index is 9.45. The van der Waals surface area contributed by atoms with Crippen LogP contribution in [0.3, 0.4) is 0 Å². The lowest BCUT2D eigenvalue weighted by molar-refractivity contribution is 0.562. The molecule has 4 nitrogen and oxygen atoms in total. The Kier molecular flexibility index (Phi) is 12.1. The van der Waals surface area contributed by atoms with Crippen molar-refractivity contribution < 1.29 is 0 Å². The average molecular weight is 653 g/mol. The predicted octanol–water partition coefficient (Wildman–Crippen LogP) is 13.4. The van der Waals surface area contributed by atoms with Gasteiger partial charge in [-0.3, -0.25) is 0 Å². The molecule has 0 N–H and O–H groups in total. The summed E-state index contributed by atoms with van der Waals surface area (Å²) in [5.74, 6) is 0.842. The third-order valence-corrected chi connectivity index (χ3v) is 12.6.